The van der Waals surface area contributed by atoms with Crippen molar-refractivity contribution in [3.05, 3.63) is 36.0 Å². The Morgan fingerprint density at radius 2 is 2.24 bits per heavy atom. The average molecular weight is 283 g/mol. The van der Waals surface area contributed by atoms with Crippen LogP contribution in [-0.2, 0) is 11.3 Å². The van der Waals surface area contributed by atoms with Crippen molar-refractivity contribution >= 4 is 10.9 Å². The second-order valence-electron chi connectivity index (χ2n) is 5.93. The fourth-order valence-electron chi connectivity index (χ4n) is 2.95. The summed E-state index contributed by atoms with van der Waals surface area (Å²) in [6.07, 6.45) is 2.30. The molecule has 4 nitrogen and oxygen atoms in total. The molecule has 1 aromatic heterocycles. The molecule has 1 aliphatic rings. The summed E-state index contributed by atoms with van der Waals surface area (Å²) in [5, 5.41) is 10.2. The molecule has 1 atom stereocenters. The van der Waals surface area contributed by atoms with E-state index in [1.165, 1.54) is 5.39 Å². The first kappa shape index (κ1) is 14.1. The number of hydrogen-bond donors (Lipinski definition) is 0. The molecule has 1 unspecified atom stereocenters. The molecule has 4 heteroatoms. The van der Waals surface area contributed by atoms with E-state index in [0.29, 0.717) is 11.6 Å². The number of nitriles is 1. The molecule has 0 aliphatic carbocycles. The van der Waals surface area contributed by atoms with Gasteiger partial charge in [-0.3, -0.25) is 4.90 Å². The summed E-state index contributed by atoms with van der Waals surface area (Å²) in [6, 6.07) is 10.7. The van der Waals surface area contributed by atoms with Crippen LogP contribution in [0.15, 0.2) is 30.5 Å². The number of aromatic nitrogens is 1. The Morgan fingerprint density at radius 1 is 1.38 bits per heavy atom. The minimum atomic E-state index is 0.211. The molecule has 110 valence electrons. The number of morpholine rings is 1. The topological polar surface area (TPSA) is 41.2 Å². The van der Waals surface area contributed by atoms with Crippen LogP contribution in [0.5, 0.6) is 0 Å². The van der Waals surface area contributed by atoms with Gasteiger partial charge in [0, 0.05) is 30.8 Å². The van der Waals surface area contributed by atoms with Gasteiger partial charge in [-0.05, 0) is 37.4 Å². The lowest BCUT2D eigenvalue weighted by molar-refractivity contribution is -0.0451. The van der Waals surface area contributed by atoms with Gasteiger partial charge in [-0.1, -0.05) is 6.07 Å². The van der Waals surface area contributed by atoms with Gasteiger partial charge < -0.3 is 9.30 Å². The van der Waals surface area contributed by atoms with Crippen LogP contribution in [0.3, 0.4) is 0 Å². The molecule has 1 aromatic carbocycles. The molecule has 0 N–H and O–H groups in total. The molecule has 21 heavy (non-hydrogen) atoms. The molecule has 2 aromatic rings. The minimum Gasteiger partial charge on any atom is -0.374 e. The van der Waals surface area contributed by atoms with Crippen LogP contribution in [0, 0.1) is 11.3 Å². The Kier molecular flexibility index (Phi) is 3.96. The number of fused-ring (bicyclic) bond motifs is 1. The molecule has 3 rings (SSSR count). The Bertz CT molecular complexity index is 668. The third-order valence-electron chi connectivity index (χ3n) is 4.20. The number of ether oxygens (including phenoxy) is 1. The molecule has 2 heterocycles. The number of benzene rings is 1. The maximum absolute atomic E-state index is 9.05. The lowest BCUT2D eigenvalue weighted by atomic mass is 10.2. The van der Waals surface area contributed by atoms with E-state index in [9.17, 15) is 0 Å². The highest BCUT2D eigenvalue weighted by Crippen LogP contribution is 2.19. The van der Waals surface area contributed by atoms with Gasteiger partial charge in [0.2, 0.25) is 0 Å². The summed E-state index contributed by atoms with van der Waals surface area (Å²) < 4.78 is 8.11. The molecule has 0 amide bonds. The first-order valence-electron chi connectivity index (χ1n) is 7.52. The van der Waals surface area contributed by atoms with Crippen molar-refractivity contribution in [1.82, 2.24) is 9.47 Å². The van der Waals surface area contributed by atoms with Gasteiger partial charge in [0.25, 0.3) is 0 Å². The van der Waals surface area contributed by atoms with E-state index < -0.39 is 0 Å². The molecular weight excluding hydrogens is 262 g/mol. The quantitative estimate of drug-likeness (QED) is 0.869. The lowest BCUT2D eigenvalue weighted by Crippen LogP contribution is -2.47. The van der Waals surface area contributed by atoms with Gasteiger partial charge in [0.1, 0.15) is 0 Å². The molecule has 0 radical (unpaired) electrons. The van der Waals surface area contributed by atoms with Gasteiger partial charge >= 0.3 is 0 Å². The molecule has 1 aliphatic heterocycles. The minimum absolute atomic E-state index is 0.211. The largest absolute Gasteiger partial charge is 0.374 e. The highest BCUT2D eigenvalue weighted by molar-refractivity contribution is 5.81. The molecule has 1 fully saturated rings. The van der Waals surface area contributed by atoms with Gasteiger partial charge in [-0.15, -0.1) is 0 Å². The van der Waals surface area contributed by atoms with Crippen LogP contribution in [-0.4, -0.2) is 41.3 Å². The van der Waals surface area contributed by atoms with Crippen molar-refractivity contribution in [2.75, 3.05) is 19.7 Å². The number of rotatable bonds is 3. The van der Waals surface area contributed by atoms with Crippen LogP contribution in [0.4, 0.5) is 0 Å². The highest BCUT2D eigenvalue weighted by Gasteiger charge is 2.22. The van der Waals surface area contributed by atoms with Crippen LogP contribution in [0.2, 0.25) is 0 Å². The van der Waals surface area contributed by atoms with E-state index in [2.05, 4.69) is 41.6 Å². The third-order valence-corrected chi connectivity index (χ3v) is 4.20. The fraction of sp³-hybridized carbons (Fsp3) is 0.471. The van der Waals surface area contributed by atoms with Crippen molar-refractivity contribution in [2.45, 2.75) is 32.5 Å². The van der Waals surface area contributed by atoms with E-state index in [0.717, 1.165) is 31.8 Å². The summed E-state index contributed by atoms with van der Waals surface area (Å²) in [5.41, 5.74) is 1.81. The summed E-state index contributed by atoms with van der Waals surface area (Å²) in [7, 11) is 0. The molecule has 1 saturated heterocycles. The van der Waals surface area contributed by atoms with E-state index in [1.807, 2.05) is 18.2 Å². The van der Waals surface area contributed by atoms with Gasteiger partial charge in [-0.25, -0.2) is 0 Å². The standard InChI is InChI=1S/C17H21N3O/c1-13(2)19-7-8-21-16(11-19)12-20-6-5-15-4-3-14(10-18)9-17(15)20/h3-6,9,13,16H,7-8,11-12H2,1-2H3. The fourth-order valence-corrected chi connectivity index (χ4v) is 2.95. The van der Waals surface area contributed by atoms with Crippen molar-refractivity contribution in [3.63, 3.8) is 0 Å². The van der Waals surface area contributed by atoms with E-state index >= 15 is 0 Å². The molecule has 0 bridgehead atoms. The lowest BCUT2D eigenvalue weighted by Gasteiger charge is -2.35. The Hall–Kier alpha value is -1.83. The maximum Gasteiger partial charge on any atom is 0.0992 e. The van der Waals surface area contributed by atoms with Crippen LogP contribution in [0.1, 0.15) is 19.4 Å². The Morgan fingerprint density at radius 3 is 3.00 bits per heavy atom. The van der Waals surface area contributed by atoms with Gasteiger partial charge in [0.15, 0.2) is 0 Å². The maximum atomic E-state index is 9.05. The van der Waals surface area contributed by atoms with Crippen molar-refractivity contribution in [1.29, 1.82) is 5.26 Å². The third kappa shape index (κ3) is 2.94. The Labute approximate surface area is 125 Å². The van der Waals surface area contributed by atoms with E-state index in [4.69, 9.17) is 10.00 Å². The Balaban J connectivity index is 1.80. The smallest absolute Gasteiger partial charge is 0.0992 e. The second kappa shape index (κ2) is 5.88. The van der Waals surface area contributed by atoms with E-state index in [1.54, 1.807) is 0 Å². The van der Waals surface area contributed by atoms with Gasteiger partial charge in [-0.2, -0.15) is 5.26 Å². The first-order valence-corrected chi connectivity index (χ1v) is 7.52. The number of hydrogen-bond acceptors (Lipinski definition) is 3. The zero-order valence-corrected chi connectivity index (χ0v) is 12.6. The zero-order valence-electron chi connectivity index (χ0n) is 12.6. The predicted molar refractivity (Wildman–Crippen MR) is 83.1 cm³/mol. The van der Waals surface area contributed by atoms with Crippen molar-refractivity contribution in [2.24, 2.45) is 0 Å². The molecule has 0 saturated carbocycles. The summed E-state index contributed by atoms with van der Waals surface area (Å²) in [4.78, 5) is 2.46. The van der Waals surface area contributed by atoms with Crippen LogP contribution >= 0.6 is 0 Å². The first-order chi connectivity index (χ1) is 10.2. The van der Waals surface area contributed by atoms with Gasteiger partial charge in [0.05, 0.1) is 30.9 Å². The summed E-state index contributed by atoms with van der Waals surface area (Å²) in [6.45, 7) is 8.07. The van der Waals surface area contributed by atoms with Crippen LogP contribution in [0.25, 0.3) is 10.9 Å². The summed E-state index contributed by atoms with van der Waals surface area (Å²) in [5.74, 6) is 0. The molecular formula is C17H21N3O. The SMILES string of the molecule is CC(C)N1CCOC(Cn2ccc3ccc(C#N)cc32)C1. The van der Waals surface area contributed by atoms with Crippen molar-refractivity contribution in [3.8, 4) is 6.07 Å². The zero-order chi connectivity index (χ0) is 14.8. The van der Waals surface area contributed by atoms with Crippen molar-refractivity contribution < 1.29 is 4.74 Å². The number of nitrogens with zero attached hydrogens (tertiary/aromatic N) is 3. The monoisotopic (exact) mass is 283 g/mol. The van der Waals surface area contributed by atoms with Crippen LogP contribution < -0.4 is 0 Å². The molecule has 0 spiro atoms. The average Bonchev–Trinajstić information content (AvgIpc) is 2.89. The van der Waals surface area contributed by atoms with E-state index in [-0.39, 0.29) is 6.10 Å². The predicted octanol–water partition coefficient (Wildman–Crippen LogP) is 2.62. The second-order valence-corrected chi connectivity index (χ2v) is 5.93. The summed E-state index contributed by atoms with van der Waals surface area (Å²) >= 11 is 0. The highest BCUT2D eigenvalue weighted by atomic mass is 16.5. The normalized spacial score (nSPS) is 20.0.